The number of hydrogen-bond acceptors (Lipinski definition) is 6. The minimum absolute atomic E-state index is 0.194. The van der Waals surface area contributed by atoms with Crippen LogP contribution in [-0.4, -0.2) is 74.5 Å². The number of methoxy groups -OCH3 is 1. The van der Waals surface area contributed by atoms with Crippen molar-refractivity contribution in [1.29, 1.82) is 0 Å². The van der Waals surface area contributed by atoms with E-state index >= 15 is 0 Å². The molecule has 0 aliphatic heterocycles. The number of nitrogens with zero attached hydrogens (tertiary/aromatic N) is 2. The fourth-order valence-corrected chi connectivity index (χ4v) is 3.01. The van der Waals surface area contributed by atoms with E-state index in [-0.39, 0.29) is 5.91 Å². The van der Waals surface area contributed by atoms with Gasteiger partial charge in [-0.25, -0.2) is 9.59 Å². The van der Waals surface area contributed by atoms with E-state index in [1.165, 1.54) is 0 Å². The van der Waals surface area contributed by atoms with E-state index in [4.69, 9.17) is 24.5 Å². The number of carboxylic acids is 2. The number of hydrogen-bond donors (Lipinski definition) is 5. The normalized spacial score (nSPS) is 11.0. The lowest BCUT2D eigenvalue weighted by molar-refractivity contribution is -0.193. The van der Waals surface area contributed by atoms with Gasteiger partial charge in [0.2, 0.25) is 0 Å². The fourth-order valence-electron chi connectivity index (χ4n) is 3.01. The van der Waals surface area contributed by atoms with Gasteiger partial charge in [0.1, 0.15) is 5.75 Å². The summed E-state index contributed by atoms with van der Waals surface area (Å²) in [5.41, 5.74) is 4.30. The van der Waals surface area contributed by atoms with Crippen LogP contribution in [-0.2, 0) is 16.0 Å². The molecule has 11 nitrogen and oxygen atoms in total. The van der Waals surface area contributed by atoms with Gasteiger partial charge in [0.05, 0.1) is 18.8 Å². The molecule has 41 heavy (non-hydrogen) atoms. The van der Waals surface area contributed by atoms with E-state index < -0.39 is 24.3 Å². The Kier molecular flexibility index (Phi) is 10.8. The Hall–Kier alpha value is -5.09. The predicted octanol–water partition coefficient (Wildman–Crippen LogP) is 4.20. The Morgan fingerprint density at radius 1 is 0.951 bits per heavy atom. The van der Waals surface area contributed by atoms with Crippen molar-refractivity contribution in [2.24, 2.45) is 0 Å². The molecule has 0 bridgehead atoms. The van der Waals surface area contributed by atoms with E-state index in [1.807, 2.05) is 48.7 Å². The number of halogens is 6. The molecule has 0 saturated carbocycles. The number of alkyl halides is 6. The van der Waals surface area contributed by atoms with E-state index in [0.29, 0.717) is 12.2 Å². The van der Waals surface area contributed by atoms with Crippen molar-refractivity contribution in [3.8, 4) is 16.9 Å². The third-order valence-electron chi connectivity index (χ3n) is 4.93. The van der Waals surface area contributed by atoms with Crippen molar-refractivity contribution in [3.05, 3.63) is 66.1 Å². The van der Waals surface area contributed by atoms with Crippen LogP contribution in [0.3, 0.4) is 0 Å². The maximum Gasteiger partial charge on any atom is 0.490 e. The number of aliphatic carboxylic acids is 2. The van der Waals surface area contributed by atoms with Crippen LogP contribution in [0, 0.1) is 0 Å². The Morgan fingerprint density at radius 3 is 2.12 bits per heavy atom. The second-order valence-electron chi connectivity index (χ2n) is 7.78. The molecule has 1 amide bonds. The summed E-state index contributed by atoms with van der Waals surface area (Å²) in [5.74, 6) is -4.90. The molecule has 4 rings (SSSR count). The maximum atomic E-state index is 12.5. The molecule has 5 N–H and O–H groups in total. The highest BCUT2D eigenvalue weighted by atomic mass is 19.4. The van der Waals surface area contributed by atoms with Crippen LogP contribution in [0.15, 0.2) is 54.9 Å². The number of aromatic amines is 2. The molecule has 0 unspecified atom stereocenters. The van der Waals surface area contributed by atoms with Crippen molar-refractivity contribution in [3.63, 3.8) is 0 Å². The van der Waals surface area contributed by atoms with Crippen molar-refractivity contribution in [2.45, 2.75) is 18.8 Å². The number of aromatic nitrogens is 4. The Balaban J connectivity index is 0.000000349. The number of nitrogens with one attached hydrogen (secondary N) is 3. The molecule has 0 aliphatic carbocycles. The zero-order chi connectivity index (χ0) is 30.8. The monoisotopic (exact) mass is 589 g/mol. The Labute approximate surface area is 226 Å². The zero-order valence-corrected chi connectivity index (χ0v) is 20.8. The van der Waals surface area contributed by atoms with Gasteiger partial charge in [-0.2, -0.15) is 36.5 Å². The highest BCUT2D eigenvalue weighted by Crippen LogP contribution is 2.24. The van der Waals surface area contributed by atoms with Gasteiger partial charge in [-0.15, -0.1) is 0 Å². The number of rotatable bonds is 6. The van der Waals surface area contributed by atoms with Gasteiger partial charge in [-0.1, -0.05) is 18.2 Å². The van der Waals surface area contributed by atoms with Gasteiger partial charge in [0.25, 0.3) is 5.91 Å². The third-order valence-corrected chi connectivity index (χ3v) is 4.93. The second kappa shape index (κ2) is 13.8. The molecular weight excluding hydrogens is 568 g/mol. The number of carbonyl (C=O) groups excluding carboxylic acids is 1. The van der Waals surface area contributed by atoms with E-state index in [0.717, 1.165) is 39.8 Å². The summed E-state index contributed by atoms with van der Waals surface area (Å²) in [6, 6.07) is 13.6. The molecule has 0 spiro atoms. The molecule has 0 radical (unpaired) electrons. The minimum Gasteiger partial charge on any atom is -0.497 e. The lowest BCUT2D eigenvalue weighted by Gasteiger charge is -2.06. The summed E-state index contributed by atoms with van der Waals surface area (Å²) >= 11 is 0. The van der Waals surface area contributed by atoms with E-state index in [2.05, 4.69) is 25.7 Å². The van der Waals surface area contributed by atoms with Crippen LogP contribution in [0.2, 0.25) is 0 Å². The average molecular weight is 589 g/mol. The van der Waals surface area contributed by atoms with Crippen LogP contribution in [0.4, 0.5) is 26.3 Å². The van der Waals surface area contributed by atoms with Crippen LogP contribution >= 0.6 is 0 Å². The molecule has 4 aromatic rings. The first-order valence-electron chi connectivity index (χ1n) is 11.1. The molecule has 0 fully saturated rings. The van der Waals surface area contributed by atoms with E-state index in [1.54, 1.807) is 13.3 Å². The number of carboxylic acid groups (broad SMARTS) is 2. The summed E-state index contributed by atoms with van der Waals surface area (Å²) < 4.78 is 68.7. The Morgan fingerprint density at radius 2 is 1.59 bits per heavy atom. The quantitative estimate of drug-likeness (QED) is 0.208. The van der Waals surface area contributed by atoms with E-state index in [9.17, 15) is 31.1 Å². The number of ether oxygens (including phenoxy) is 1. The Bertz CT molecular complexity index is 1440. The van der Waals surface area contributed by atoms with Crippen molar-refractivity contribution in [2.75, 3.05) is 13.7 Å². The summed E-state index contributed by atoms with van der Waals surface area (Å²) in [6.07, 6.45) is -5.87. The summed E-state index contributed by atoms with van der Waals surface area (Å²) in [6.45, 7) is 0.521. The van der Waals surface area contributed by atoms with Gasteiger partial charge < -0.3 is 20.3 Å². The predicted molar refractivity (Wildman–Crippen MR) is 130 cm³/mol. The van der Waals surface area contributed by atoms with Crippen LogP contribution in [0.1, 0.15) is 16.1 Å². The molecule has 17 heteroatoms. The highest BCUT2D eigenvalue weighted by molar-refractivity contribution is 6.05. The fraction of sp³-hybridized carbons (Fsp3) is 0.208. The highest BCUT2D eigenvalue weighted by Gasteiger charge is 2.38. The van der Waals surface area contributed by atoms with Gasteiger partial charge in [-0.05, 0) is 41.8 Å². The zero-order valence-electron chi connectivity index (χ0n) is 20.8. The number of amides is 1. The summed E-state index contributed by atoms with van der Waals surface area (Å²) in [7, 11) is 1.64. The number of benzene rings is 2. The molecule has 2 aromatic heterocycles. The first-order valence-corrected chi connectivity index (χ1v) is 11.1. The van der Waals surface area contributed by atoms with Gasteiger partial charge in [-0.3, -0.25) is 15.0 Å². The number of fused-ring (bicyclic) bond motifs is 1. The standard InChI is InChI=1S/C20H19N5O2.2C2HF3O2/c1-27-16-4-2-3-13(9-16)7-8-21-20(26)19-17-6-5-14(10-18(17)24-25-19)15-11-22-23-12-15;2*3-2(4,5)1(6)7/h2-6,9-12H,7-8H2,1H3,(H,21,26)(H,22,23)(H,24,25);2*(H,6,7). The van der Waals surface area contributed by atoms with Gasteiger partial charge >= 0.3 is 24.3 Å². The van der Waals surface area contributed by atoms with Crippen molar-refractivity contribution < 1.29 is 55.7 Å². The number of carbonyl (C=O) groups is 3. The average Bonchev–Trinajstić information content (AvgIpc) is 3.58. The second-order valence-corrected chi connectivity index (χ2v) is 7.78. The largest absolute Gasteiger partial charge is 0.497 e. The molecule has 0 aliphatic rings. The summed E-state index contributed by atoms with van der Waals surface area (Å²) in [5, 5.41) is 31.9. The van der Waals surface area contributed by atoms with Crippen molar-refractivity contribution >= 4 is 28.7 Å². The first-order chi connectivity index (χ1) is 19.1. The van der Waals surface area contributed by atoms with Crippen LogP contribution < -0.4 is 10.1 Å². The first kappa shape index (κ1) is 32.1. The molecule has 0 atom stereocenters. The SMILES string of the molecule is COc1cccc(CCNC(=O)c2n[nH]c3cc(-c4cn[nH]c4)ccc23)c1.O=C(O)C(F)(F)F.O=C(O)C(F)(F)F. The molecular formula is C24H21F6N5O6. The van der Waals surface area contributed by atoms with Crippen LogP contribution in [0.25, 0.3) is 22.0 Å². The van der Waals surface area contributed by atoms with Crippen LogP contribution in [0.5, 0.6) is 5.75 Å². The number of H-pyrrole nitrogens is 2. The topological polar surface area (TPSA) is 170 Å². The molecule has 0 saturated heterocycles. The van der Waals surface area contributed by atoms with Gasteiger partial charge in [0, 0.05) is 23.7 Å². The maximum absolute atomic E-state index is 12.5. The lowest BCUT2D eigenvalue weighted by Crippen LogP contribution is -2.26. The van der Waals surface area contributed by atoms with Crippen molar-refractivity contribution in [1.82, 2.24) is 25.7 Å². The molecule has 220 valence electrons. The minimum atomic E-state index is -5.08. The lowest BCUT2D eigenvalue weighted by atomic mass is 10.1. The summed E-state index contributed by atoms with van der Waals surface area (Å²) in [4.78, 5) is 30.3. The molecule has 2 heterocycles. The molecule has 2 aromatic carbocycles. The van der Waals surface area contributed by atoms with Gasteiger partial charge in [0.15, 0.2) is 5.69 Å². The third kappa shape index (κ3) is 9.86. The smallest absolute Gasteiger partial charge is 0.490 e.